The molecule has 1 amide bonds. The van der Waals surface area contributed by atoms with Gasteiger partial charge in [0.1, 0.15) is 6.61 Å². The third kappa shape index (κ3) is 4.31. The van der Waals surface area contributed by atoms with Crippen molar-refractivity contribution in [3.63, 3.8) is 0 Å². The van der Waals surface area contributed by atoms with E-state index < -0.39 is 6.10 Å². The van der Waals surface area contributed by atoms with Crippen molar-refractivity contribution in [1.82, 2.24) is 5.32 Å². The SMILES string of the molecule is Cc1cc(C(=O)NC2CCCCCC2O)sc1C#CCO. The monoisotopic (exact) mass is 307 g/mol. The number of aliphatic hydroxyl groups excluding tert-OH is 2. The molecule has 2 unspecified atom stereocenters. The lowest BCUT2D eigenvalue weighted by molar-refractivity contribution is 0.0822. The van der Waals surface area contributed by atoms with Gasteiger partial charge in [0.2, 0.25) is 0 Å². The molecule has 1 saturated carbocycles. The maximum Gasteiger partial charge on any atom is 0.261 e. The Morgan fingerprint density at radius 1 is 1.43 bits per heavy atom. The Morgan fingerprint density at radius 2 is 2.19 bits per heavy atom. The van der Waals surface area contributed by atoms with Crippen molar-refractivity contribution >= 4 is 17.2 Å². The van der Waals surface area contributed by atoms with Gasteiger partial charge in [-0.1, -0.05) is 31.1 Å². The summed E-state index contributed by atoms with van der Waals surface area (Å²) in [6.45, 7) is 1.71. The number of hydrogen-bond acceptors (Lipinski definition) is 4. The van der Waals surface area contributed by atoms with E-state index in [1.807, 2.05) is 13.0 Å². The van der Waals surface area contributed by atoms with Crippen LogP contribution in [0, 0.1) is 18.8 Å². The van der Waals surface area contributed by atoms with Crippen LogP contribution in [-0.2, 0) is 0 Å². The third-order valence-electron chi connectivity index (χ3n) is 3.72. The van der Waals surface area contributed by atoms with Crippen LogP contribution < -0.4 is 5.32 Å². The van der Waals surface area contributed by atoms with Crippen molar-refractivity contribution in [3.8, 4) is 11.8 Å². The van der Waals surface area contributed by atoms with Gasteiger partial charge in [-0.2, -0.15) is 0 Å². The maximum atomic E-state index is 12.3. The molecule has 1 aliphatic carbocycles. The van der Waals surface area contributed by atoms with Crippen molar-refractivity contribution < 1.29 is 15.0 Å². The molecule has 0 aromatic carbocycles. The van der Waals surface area contributed by atoms with Gasteiger partial charge in [0, 0.05) is 0 Å². The van der Waals surface area contributed by atoms with Crippen molar-refractivity contribution in [3.05, 3.63) is 21.4 Å². The number of rotatable bonds is 2. The van der Waals surface area contributed by atoms with Crippen LogP contribution in [0.4, 0.5) is 0 Å². The Labute approximate surface area is 129 Å². The standard InChI is InChI=1S/C16H21NO3S/c1-11-10-15(21-14(11)8-5-9-18)16(20)17-12-6-3-2-4-7-13(12)19/h10,12-13,18-19H,2-4,6-7,9H2,1H3,(H,17,20). The first kappa shape index (κ1) is 16.0. The average molecular weight is 307 g/mol. The first-order chi connectivity index (χ1) is 10.1. The van der Waals surface area contributed by atoms with Crippen LogP contribution in [0.3, 0.4) is 0 Å². The lowest BCUT2D eigenvalue weighted by atomic mass is 10.1. The number of thiophene rings is 1. The summed E-state index contributed by atoms with van der Waals surface area (Å²) in [7, 11) is 0. The Bertz CT molecular complexity index is 556. The van der Waals surface area contributed by atoms with E-state index in [9.17, 15) is 9.90 Å². The number of amides is 1. The summed E-state index contributed by atoms with van der Waals surface area (Å²) < 4.78 is 0. The van der Waals surface area contributed by atoms with Gasteiger partial charge >= 0.3 is 0 Å². The largest absolute Gasteiger partial charge is 0.391 e. The van der Waals surface area contributed by atoms with E-state index in [4.69, 9.17) is 5.11 Å². The van der Waals surface area contributed by atoms with Gasteiger partial charge in [-0.15, -0.1) is 11.3 Å². The molecule has 1 aromatic rings. The van der Waals surface area contributed by atoms with E-state index >= 15 is 0 Å². The molecule has 3 N–H and O–H groups in total. The first-order valence-electron chi connectivity index (χ1n) is 7.31. The van der Waals surface area contributed by atoms with Gasteiger partial charge < -0.3 is 15.5 Å². The van der Waals surface area contributed by atoms with Crippen molar-refractivity contribution in [2.45, 2.75) is 51.2 Å². The highest BCUT2D eigenvalue weighted by Gasteiger charge is 2.24. The number of nitrogens with one attached hydrogen (secondary N) is 1. The fraction of sp³-hybridized carbons (Fsp3) is 0.562. The van der Waals surface area contributed by atoms with E-state index in [0.717, 1.165) is 42.5 Å². The van der Waals surface area contributed by atoms with E-state index in [0.29, 0.717) is 4.88 Å². The normalized spacial score (nSPS) is 22.0. The summed E-state index contributed by atoms with van der Waals surface area (Å²) in [4.78, 5) is 13.7. The molecule has 2 atom stereocenters. The molecule has 0 saturated heterocycles. The summed E-state index contributed by atoms with van der Waals surface area (Å²) in [5, 5.41) is 21.7. The molecule has 4 nitrogen and oxygen atoms in total. The van der Waals surface area contributed by atoms with Gasteiger partial charge in [-0.3, -0.25) is 4.79 Å². The van der Waals surface area contributed by atoms with Crippen LogP contribution in [-0.4, -0.2) is 34.9 Å². The van der Waals surface area contributed by atoms with Gasteiger partial charge in [0.25, 0.3) is 5.91 Å². The van der Waals surface area contributed by atoms with Crippen molar-refractivity contribution in [2.24, 2.45) is 0 Å². The predicted molar refractivity (Wildman–Crippen MR) is 83.4 cm³/mol. The summed E-state index contributed by atoms with van der Waals surface area (Å²) in [6, 6.07) is 1.65. The predicted octanol–water partition coefficient (Wildman–Crippen LogP) is 1.82. The van der Waals surface area contributed by atoms with Crippen LogP contribution in [0.2, 0.25) is 0 Å². The van der Waals surface area contributed by atoms with E-state index in [1.54, 1.807) is 0 Å². The molecule has 1 heterocycles. The number of aliphatic hydroxyl groups is 2. The molecule has 5 heteroatoms. The second-order valence-electron chi connectivity index (χ2n) is 5.37. The second-order valence-corrected chi connectivity index (χ2v) is 6.42. The molecule has 114 valence electrons. The highest BCUT2D eigenvalue weighted by atomic mass is 32.1. The molecule has 1 aliphatic rings. The minimum absolute atomic E-state index is 0.147. The summed E-state index contributed by atoms with van der Waals surface area (Å²) in [5.74, 6) is 5.30. The summed E-state index contributed by atoms with van der Waals surface area (Å²) in [6.07, 6.45) is 4.30. The van der Waals surface area contributed by atoms with Gasteiger partial charge in [-0.25, -0.2) is 0 Å². The van der Waals surface area contributed by atoms with Crippen LogP contribution >= 0.6 is 11.3 Å². The molecular weight excluding hydrogens is 286 g/mol. The lowest BCUT2D eigenvalue weighted by Gasteiger charge is -2.21. The maximum absolute atomic E-state index is 12.3. The molecule has 0 spiro atoms. The highest BCUT2D eigenvalue weighted by molar-refractivity contribution is 7.14. The average Bonchev–Trinajstić information content (AvgIpc) is 2.72. The van der Waals surface area contributed by atoms with Crippen LogP contribution in [0.15, 0.2) is 6.07 Å². The zero-order valence-electron chi connectivity index (χ0n) is 12.2. The first-order valence-corrected chi connectivity index (χ1v) is 8.12. The minimum Gasteiger partial charge on any atom is -0.391 e. The quantitative estimate of drug-likeness (QED) is 0.577. The molecule has 1 fully saturated rings. The molecule has 2 rings (SSSR count). The number of carbonyl (C=O) groups is 1. The molecular formula is C16H21NO3S. The Morgan fingerprint density at radius 3 is 2.95 bits per heavy atom. The third-order valence-corrected chi connectivity index (χ3v) is 4.87. The van der Waals surface area contributed by atoms with Crippen molar-refractivity contribution in [2.75, 3.05) is 6.61 Å². The van der Waals surface area contributed by atoms with E-state index in [2.05, 4.69) is 17.2 Å². The molecule has 0 bridgehead atoms. The summed E-state index contributed by atoms with van der Waals surface area (Å²) >= 11 is 1.32. The Hall–Kier alpha value is -1.35. The van der Waals surface area contributed by atoms with Gasteiger partial charge in [-0.05, 0) is 31.4 Å². The number of aryl methyl sites for hydroxylation is 1. The molecule has 21 heavy (non-hydrogen) atoms. The van der Waals surface area contributed by atoms with Crippen LogP contribution in [0.25, 0.3) is 0 Å². The highest BCUT2D eigenvalue weighted by Crippen LogP contribution is 2.23. The van der Waals surface area contributed by atoms with E-state index in [-0.39, 0.29) is 18.6 Å². The smallest absolute Gasteiger partial charge is 0.261 e. The van der Waals surface area contributed by atoms with E-state index in [1.165, 1.54) is 11.3 Å². The Kier molecular flexibility index (Phi) is 5.80. The molecule has 0 aliphatic heterocycles. The minimum atomic E-state index is -0.453. The Balaban J connectivity index is 2.06. The lowest BCUT2D eigenvalue weighted by Crippen LogP contribution is -2.42. The van der Waals surface area contributed by atoms with Gasteiger partial charge in [0.05, 0.1) is 21.9 Å². The summed E-state index contributed by atoms with van der Waals surface area (Å²) in [5.41, 5.74) is 0.938. The topological polar surface area (TPSA) is 69.6 Å². The fourth-order valence-electron chi connectivity index (χ4n) is 2.53. The van der Waals surface area contributed by atoms with Crippen LogP contribution in [0.1, 0.15) is 52.2 Å². The van der Waals surface area contributed by atoms with Gasteiger partial charge in [0.15, 0.2) is 0 Å². The molecule has 1 aromatic heterocycles. The fourth-order valence-corrected chi connectivity index (χ4v) is 3.48. The number of hydrogen-bond donors (Lipinski definition) is 3. The van der Waals surface area contributed by atoms with Crippen LogP contribution in [0.5, 0.6) is 0 Å². The van der Waals surface area contributed by atoms with Crippen molar-refractivity contribution in [1.29, 1.82) is 0 Å². The molecule has 0 radical (unpaired) electrons. The zero-order chi connectivity index (χ0) is 15.2. The zero-order valence-corrected chi connectivity index (χ0v) is 13.0. The number of carbonyl (C=O) groups excluding carboxylic acids is 1. The second kappa shape index (κ2) is 7.60.